The van der Waals surface area contributed by atoms with Gasteiger partial charge in [-0.2, -0.15) is 0 Å². The Morgan fingerprint density at radius 1 is 1.08 bits per heavy atom. The van der Waals surface area contributed by atoms with Gasteiger partial charge in [0.2, 0.25) is 11.8 Å². The van der Waals surface area contributed by atoms with Crippen molar-refractivity contribution < 1.29 is 23.5 Å². The molecule has 1 saturated carbocycles. The maximum atomic E-state index is 13.1. The molecule has 0 bridgehead atoms. The van der Waals surface area contributed by atoms with Crippen molar-refractivity contribution in [2.45, 2.75) is 52.3 Å². The van der Waals surface area contributed by atoms with Crippen molar-refractivity contribution in [1.82, 2.24) is 10.3 Å². The number of aromatic nitrogens is 1. The van der Waals surface area contributed by atoms with Crippen molar-refractivity contribution >= 4 is 29.3 Å². The Kier molecular flexibility index (Phi) is 6.69. The molecular formula is C28H30N4O5. The minimum absolute atomic E-state index is 0.0615. The van der Waals surface area contributed by atoms with Crippen molar-refractivity contribution in [1.29, 1.82) is 0 Å². The highest BCUT2D eigenvalue weighted by molar-refractivity contribution is 6.05. The van der Waals surface area contributed by atoms with Crippen molar-refractivity contribution in [3.05, 3.63) is 66.4 Å². The Labute approximate surface area is 215 Å². The average molecular weight is 503 g/mol. The molecule has 5 rings (SSSR count). The molecule has 0 spiro atoms. The first kappa shape index (κ1) is 24.5. The van der Waals surface area contributed by atoms with Gasteiger partial charge in [0.25, 0.3) is 5.91 Å². The standard InChI is InChI=1S/C28H30N4O5/c1-17(2)37-28(35)31-16-18(3)32(27(34)21-8-9-21)23-11-10-22(14-24(23)31)19-4-6-20(7-5-19)26(33)30-15-25-29-12-13-36-25/h4-7,10-14,17-18,21H,8-9,15-16H2,1-3H3,(H,30,33)/t18-/m0/s1. The van der Waals surface area contributed by atoms with Crippen LogP contribution in [0.1, 0.15) is 49.9 Å². The van der Waals surface area contributed by atoms with Gasteiger partial charge in [0.1, 0.15) is 6.26 Å². The van der Waals surface area contributed by atoms with Gasteiger partial charge in [-0.3, -0.25) is 14.5 Å². The van der Waals surface area contributed by atoms with Crippen molar-refractivity contribution in [3.8, 4) is 11.1 Å². The number of anilines is 2. The van der Waals surface area contributed by atoms with Crippen molar-refractivity contribution in [3.63, 3.8) is 0 Å². The van der Waals surface area contributed by atoms with Crippen LogP contribution in [0.2, 0.25) is 0 Å². The number of hydrogen-bond donors (Lipinski definition) is 1. The highest BCUT2D eigenvalue weighted by Crippen LogP contribution is 2.42. The highest BCUT2D eigenvalue weighted by atomic mass is 16.6. The third-order valence-electron chi connectivity index (χ3n) is 6.50. The van der Waals surface area contributed by atoms with E-state index in [1.807, 2.05) is 56.0 Å². The monoisotopic (exact) mass is 502 g/mol. The lowest BCUT2D eigenvalue weighted by atomic mass is 9.99. The van der Waals surface area contributed by atoms with Gasteiger partial charge in [-0.05, 0) is 69.0 Å². The van der Waals surface area contributed by atoms with Crippen LogP contribution in [-0.4, -0.2) is 41.6 Å². The second-order valence-electron chi connectivity index (χ2n) is 9.76. The zero-order chi connectivity index (χ0) is 26.1. The topological polar surface area (TPSA) is 105 Å². The maximum Gasteiger partial charge on any atom is 0.414 e. The van der Waals surface area contributed by atoms with Crippen LogP contribution in [0.5, 0.6) is 0 Å². The van der Waals surface area contributed by atoms with E-state index in [1.54, 1.807) is 17.0 Å². The summed E-state index contributed by atoms with van der Waals surface area (Å²) in [6.07, 6.45) is 4.11. The molecule has 2 aliphatic rings. The summed E-state index contributed by atoms with van der Waals surface area (Å²) in [5.41, 5.74) is 3.60. The third kappa shape index (κ3) is 5.21. The largest absolute Gasteiger partial charge is 0.447 e. The minimum atomic E-state index is -0.433. The molecule has 9 nitrogen and oxygen atoms in total. The van der Waals surface area contributed by atoms with E-state index in [1.165, 1.54) is 12.5 Å². The van der Waals surface area contributed by atoms with Crippen LogP contribution in [0.3, 0.4) is 0 Å². The molecule has 3 amide bonds. The Morgan fingerprint density at radius 3 is 2.46 bits per heavy atom. The molecule has 9 heteroatoms. The van der Waals surface area contributed by atoms with Gasteiger partial charge in [-0.25, -0.2) is 9.78 Å². The molecule has 0 saturated heterocycles. The summed E-state index contributed by atoms with van der Waals surface area (Å²) in [6.45, 7) is 6.14. The van der Waals surface area contributed by atoms with Crippen LogP contribution in [0.25, 0.3) is 11.1 Å². The van der Waals surface area contributed by atoms with Gasteiger partial charge in [-0.15, -0.1) is 0 Å². The smallest absolute Gasteiger partial charge is 0.414 e. The van der Waals surface area contributed by atoms with Gasteiger partial charge in [0.15, 0.2) is 0 Å². The fourth-order valence-corrected chi connectivity index (χ4v) is 4.52. The molecule has 2 aromatic carbocycles. The fourth-order valence-electron chi connectivity index (χ4n) is 4.52. The minimum Gasteiger partial charge on any atom is -0.447 e. The van der Waals surface area contributed by atoms with Gasteiger partial charge >= 0.3 is 6.09 Å². The van der Waals surface area contributed by atoms with Crippen LogP contribution in [0.4, 0.5) is 16.2 Å². The van der Waals surface area contributed by atoms with Crippen molar-refractivity contribution in [2.75, 3.05) is 16.3 Å². The van der Waals surface area contributed by atoms with Crippen molar-refractivity contribution in [2.24, 2.45) is 5.92 Å². The summed E-state index contributed by atoms with van der Waals surface area (Å²) < 4.78 is 10.7. The molecule has 0 unspecified atom stereocenters. The maximum absolute atomic E-state index is 13.1. The highest BCUT2D eigenvalue weighted by Gasteiger charge is 2.41. The lowest BCUT2D eigenvalue weighted by Gasteiger charge is -2.41. The summed E-state index contributed by atoms with van der Waals surface area (Å²) >= 11 is 0. The first-order valence-electron chi connectivity index (χ1n) is 12.5. The molecule has 1 N–H and O–H groups in total. The molecule has 192 valence electrons. The van der Waals surface area contributed by atoms with E-state index < -0.39 is 6.09 Å². The SMILES string of the molecule is CC(C)OC(=O)N1C[C@H](C)N(C(=O)C2CC2)c2ccc(-c3ccc(C(=O)NCc4ncco4)cc3)cc21. The third-order valence-corrected chi connectivity index (χ3v) is 6.50. The van der Waals surface area contributed by atoms with Gasteiger partial charge < -0.3 is 19.4 Å². The van der Waals surface area contributed by atoms with Gasteiger partial charge in [-0.1, -0.05) is 18.2 Å². The Hall–Kier alpha value is -4.14. The molecule has 1 aromatic heterocycles. The molecule has 1 aliphatic carbocycles. The number of ether oxygens (including phenoxy) is 1. The summed E-state index contributed by atoms with van der Waals surface area (Å²) in [6, 6.07) is 12.8. The van der Waals surface area contributed by atoms with Crippen LogP contribution in [0.15, 0.2) is 59.3 Å². The fraction of sp³-hybridized carbons (Fsp3) is 0.357. The number of carbonyl (C=O) groups is 3. The first-order chi connectivity index (χ1) is 17.8. The molecule has 1 atom stereocenters. The Morgan fingerprint density at radius 2 is 1.81 bits per heavy atom. The quantitative estimate of drug-likeness (QED) is 0.521. The molecule has 1 fully saturated rings. The van der Waals surface area contributed by atoms with E-state index in [-0.39, 0.29) is 36.4 Å². The predicted molar refractivity (Wildman–Crippen MR) is 138 cm³/mol. The van der Waals surface area contributed by atoms with Crippen LogP contribution in [-0.2, 0) is 16.1 Å². The number of hydrogen-bond acceptors (Lipinski definition) is 6. The molecular weight excluding hydrogens is 472 g/mol. The lowest BCUT2D eigenvalue weighted by Crippen LogP contribution is -2.52. The van der Waals surface area contributed by atoms with E-state index in [0.717, 1.165) is 24.0 Å². The van der Waals surface area contributed by atoms with E-state index in [2.05, 4.69) is 10.3 Å². The number of fused-ring (bicyclic) bond motifs is 1. The molecule has 3 aromatic rings. The normalized spacial score (nSPS) is 16.9. The Bertz CT molecular complexity index is 1300. The number of benzene rings is 2. The molecule has 37 heavy (non-hydrogen) atoms. The zero-order valence-electron chi connectivity index (χ0n) is 21.1. The predicted octanol–water partition coefficient (Wildman–Crippen LogP) is 4.77. The molecule has 2 heterocycles. The number of oxazole rings is 1. The van der Waals surface area contributed by atoms with E-state index >= 15 is 0 Å². The van der Waals surface area contributed by atoms with Crippen LogP contribution in [0, 0.1) is 5.92 Å². The number of rotatable bonds is 6. The number of carbonyl (C=O) groups excluding carboxylic acids is 3. The number of nitrogens with zero attached hydrogens (tertiary/aromatic N) is 3. The first-order valence-corrected chi connectivity index (χ1v) is 12.5. The summed E-state index contributed by atoms with van der Waals surface area (Å²) in [7, 11) is 0. The van der Waals surface area contributed by atoms with Crippen LogP contribution < -0.4 is 15.1 Å². The molecule has 1 aliphatic heterocycles. The van der Waals surface area contributed by atoms with Gasteiger partial charge in [0.05, 0.1) is 36.3 Å². The average Bonchev–Trinajstić information content (AvgIpc) is 3.61. The summed E-state index contributed by atoms with van der Waals surface area (Å²) in [4.78, 5) is 46.1. The van der Waals surface area contributed by atoms with E-state index in [0.29, 0.717) is 29.4 Å². The van der Waals surface area contributed by atoms with Crippen LogP contribution >= 0.6 is 0 Å². The van der Waals surface area contributed by atoms with Gasteiger partial charge in [0, 0.05) is 18.0 Å². The van der Waals surface area contributed by atoms with E-state index in [4.69, 9.17) is 9.15 Å². The second kappa shape index (κ2) is 10.1. The molecule has 0 radical (unpaired) electrons. The Balaban J connectivity index is 1.42. The summed E-state index contributed by atoms with van der Waals surface area (Å²) in [5.74, 6) is 0.369. The number of nitrogens with one attached hydrogen (secondary N) is 1. The second-order valence-corrected chi connectivity index (χ2v) is 9.76. The summed E-state index contributed by atoms with van der Waals surface area (Å²) in [5, 5.41) is 2.78. The number of amides is 3. The lowest BCUT2D eigenvalue weighted by molar-refractivity contribution is -0.120. The zero-order valence-corrected chi connectivity index (χ0v) is 21.1. The van der Waals surface area contributed by atoms with E-state index in [9.17, 15) is 14.4 Å².